The fourth-order valence-electron chi connectivity index (χ4n) is 2.39. The van der Waals surface area contributed by atoms with Gasteiger partial charge in [-0.3, -0.25) is 4.79 Å². The highest BCUT2D eigenvalue weighted by Crippen LogP contribution is 2.27. The molecule has 2 N–H and O–H groups in total. The Balaban J connectivity index is 2.15. The van der Waals surface area contributed by atoms with Crippen molar-refractivity contribution in [2.24, 2.45) is 5.92 Å². The zero-order chi connectivity index (χ0) is 17.7. The van der Waals surface area contributed by atoms with Crippen molar-refractivity contribution < 1.29 is 14.6 Å². The maximum absolute atomic E-state index is 12.4. The van der Waals surface area contributed by atoms with Gasteiger partial charge in [-0.05, 0) is 55.2 Å². The largest absolute Gasteiger partial charge is 0.504 e. The van der Waals surface area contributed by atoms with Crippen molar-refractivity contribution >= 4 is 11.6 Å². The van der Waals surface area contributed by atoms with Gasteiger partial charge in [-0.25, -0.2) is 0 Å². The van der Waals surface area contributed by atoms with Crippen molar-refractivity contribution in [1.29, 1.82) is 5.26 Å². The molecule has 0 unspecified atom stereocenters. The van der Waals surface area contributed by atoms with E-state index >= 15 is 0 Å². The van der Waals surface area contributed by atoms with Crippen LogP contribution >= 0.6 is 0 Å². The van der Waals surface area contributed by atoms with Gasteiger partial charge in [0, 0.05) is 5.69 Å². The number of phenolic OH excluding ortho intramolecular Hbond substituents is 1. The van der Waals surface area contributed by atoms with Crippen LogP contribution in [0.3, 0.4) is 0 Å². The van der Waals surface area contributed by atoms with Crippen molar-refractivity contribution in [1.82, 2.24) is 0 Å². The summed E-state index contributed by atoms with van der Waals surface area (Å²) in [6, 6.07) is 12.5. The number of nitriles is 1. The normalized spacial score (nSPS) is 11.4. The number of carbonyl (C=O) groups is 1. The second-order valence-electron chi connectivity index (χ2n) is 5.63. The first kappa shape index (κ1) is 17.4. The van der Waals surface area contributed by atoms with E-state index in [2.05, 4.69) is 5.32 Å². The number of phenols is 1. The molecule has 5 nitrogen and oxygen atoms in total. The Morgan fingerprint density at radius 1 is 1.33 bits per heavy atom. The van der Waals surface area contributed by atoms with Gasteiger partial charge < -0.3 is 15.2 Å². The van der Waals surface area contributed by atoms with E-state index in [-0.39, 0.29) is 18.1 Å². The SMILES string of the molecule is COc1cc(C[C@@H](C#N)C(=O)Nc2cccc(C)c2C)ccc1O. The molecule has 2 rings (SSSR count). The van der Waals surface area contributed by atoms with E-state index < -0.39 is 5.92 Å². The Hall–Kier alpha value is -3.00. The summed E-state index contributed by atoms with van der Waals surface area (Å²) in [5, 5.41) is 21.8. The average Bonchev–Trinajstić information content (AvgIpc) is 2.58. The quantitative estimate of drug-likeness (QED) is 0.883. The maximum atomic E-state index is 12.4. The molecule has 0 aromatic heterocycles. The predicted octanol–water partition coefficient (Wildman–Crippen LogP) is 3.34. The number of amides is 1. The summed E-state index contributed by atoms with van der Waals surface area (Å²) in [5.74, 6) is -0.842. The first-order valence-electron chi connectivity index (χ1n) is 7.58. The Labute approximate surface area is 141 Å². The molecule has 1 amide bonds. The number of rotatable bonds is 5. The first-order valence-corrected chi connectivity index (χ1v) is 7.58. The smallest absolute Gasteiger partial charge is 0.242 e. The molecule has 24 heavy (non-hydrogen) atoms. The third-order valence-electron chi connectivity index (χ3n) is 4.02. The molecule has 2 aromatic rings. The van der Waals surface area contributed by atoms with Gasteiger partial charge in [-0.15, -0.1) is 0 Å². The minimum absolute atomic E-state index is 0.0228. The number of nitrogens with zero attached hydrogens (tertiary/aromatic N) is 1. The van der Waals surface area contributed by atoms with Crippen LogP contribution in [0, 0.1) is 31.1 Å². The van der Waals surface area contributed by atoms with Crippen LogP contribution in [-0.2, 0) is 11.2 Å². The first-order chi connectivity index (χ1) is 11.5. The van der Waals surface area contributed by atoms with Gasteiger partial charge in [0.2, 0.25) is 5.91 Å². The predicted molar refractivity (Wildman–Crippen MR) is 92.0 cm³/mol. The van der Waals surface area contributed by atoms with Crippen LogP contribution in [0.4, 0.5) is 5.69 Å². The van der Waals surface area contributed by atoms with Crippen LogP contribution in [-0.4, -0.2) is 18.1 Å². The molecule has 0 bridgehead atoms. The summed E-state index contributed by atoms with van der Waals surface area (Å²) < 4.78 is 5.05. The van der Waals surface area contributed by atoms with Gasteiger partial charge in [0.25, 0.3) is 0 Å². The Kier molecular flexibility index (Phi) is 5.43. The van der Waals surface area contributed by atoms with Crippen molar-refractivity contribution in [3.05, 3.63) is 53.1 Å². The monoisotopic (exact) mass is 324 g/mol. The number of aryl methyl sites for hydroxylation is 1. The number of aromatic hydroxyl groups is 1. The third kappa shape index (κ3) is 3.85. The minimum atomic E-state index is -0.834. The molecule has 0 saturated heterocycles. The number of methoxy groups -OCH3 is 1. The van der Waals surface area contributed by atoms with Gasteiger partial charge in [0.1, 0.15) is 5.92 Å². The van der Waals surface area contributed by atoms with Crippen LogP contribution in [0.25, 0.3) is 0 Å². The molecular formula is C19H20N2O3. The second kappa shape index (κ2) is 7.51. The van der Waals surface area contributed by atoms with Crippen LogP contribution in [0.5, 0.6) is 11.5 Å². The standard InChI is InChI=1S/C19H20N2O3/c1-12-5-4-6-16(13(12)2)21-19(23)15(11-20)9-14-7-8-17(22)18(10-14)24-3/h4-8,10,15,22H,9H2,1-3H3,(H,21,23)/t15-/m0/s1. The fourth-order valence-corrected chi connectivity index (χ4v) is 2.39. The number of hydrogen-bond donors (Lipinski definition) is 2. The summed E-state index contributed by atoms with van der Waals surface area (Å²) in [6.45, 7) is 3.90. The molecule has 0 saturated carbocycles. The van der Waals surface area contributed by atoms with Crippen molar-refractivity contribution in [2.45, 2.75) is 20.3 Å². The Morgan fingerprint density at radius 3 is 2.75 bits per heavy atom. The van der Waals surface area contributed by atoms with Gasteiger partial charge in [0.15, 0.2) is 11.5 Å². The second-order valence-corrected chi connectivity index (χ2v) is 5.63. The molecule has 0 spiro atoms. The zero-order valence-electron chi connectivity index (χ0n) is 14.0. The molecule has 1 atom stereocenters. The molecular weight excluding hydrogens is 304 g/mol. The van der Waals surface area contributed by atoms with Crippen molar-refractivity contribution in [3.63, 3.8) is 0 Å². The number of carbonyl (C=O) groups excluding carboxylic acids is 1. The van der Waals surface area contributed by atoms with E-state index in [9.17, 15) is 15.2 Å². The van der Waals surface area contributed by atoms with Gasteiger partial charge in [0.05, 0.1) is 13.2 Å². The molecule has 0 aliphatic carbocycles. The number of ether oxygens (including phenoxy) is 1. The van der Waals surface area contributed by atoms with E-state index in [4.69, 9.17) is 4.74 Å². The van der Waals surface area contributed by atoms with Crippen LogP contribution in [0.15, 0.2) is 36.4 Å². The molecule has 0 aliphatic heterocycles. The Bertz CT molecular complexity index is 794. The van der Waals surface area contributed by atoms with E-state index in [1.165, 1.54) is 13.2 Å². The highest BCUT2D eigenvalue weighted by molar-refractivity contribution is 5.95. The summed E-state index contributed by atoms with van der Waals surface area (Å²) in [7, 11) is 1.45. The molecule has 5 heteroatoms. The van der Waals surface area contributed by atoms with E-state index in [1.807, 2.05) is 38.1 Å². The average molecular weight is 324 g/mol. The van der Waals surface area contributed by atoms with Crippen molar-refractivity contribution in [2.75, 3.05) is 12.4 Å². The summed E-state index contributed by atoms with van der Waals surface area (Å²) in [5.41, 5.74) is 3.51. The van der Waals surface area contributed by atoms with Gasteiger partial charge in [-0.1, -0.05) is 18.2 Å². The van der Waals surface area contributed by atoms with E-state index in [1.54, 1.807) is 12.1 Å². The molecule has 124 valence electrons. The Morgan fingerprint density at radius 2 is 2.08 bits per heavy atom. The number of benzene rings is 2. The zero-order valence-corrected chi connectivity index (χ0v) is 14.0. The lowest BCUT2D eigenvalue weighted by atomic mass is 9.99. The highest BCUT2D eigenvalue weighted by Gasteiger charge is 2.20. The van der Waals surface area contributed by atoms with Crippen LogP contribution in [0.2, 0.25) is 0 Å². The van der Waals surface area contributed by atoms with Crippen LogP contribution in [0.1, 0.15) is 16.7 Å². The maximum Gasteiger partial charge on any atom is 0.242 e. The summed E-state index contributed by atoms with van der Waals surface area (Å²) in [4.78, 5) is 12.4. The van der Waals surface area contributed by atoms with E-state index in [0.717, 1.165) is 16.7 Å². The lowest BCUT2D eigenvalue weighted by Crippen LogP contribution is -2.24. The van der Waals surface area contributed by atoms with Crippen molar-refractivity contribution in [3.8, 4) is 17.6 Å². The third-order valence-corrected chi connectivity index (χ3v) is 4.02. The molecule has 0 fully saturated rings. The summed E-state index contributed by atoms with van der Waals surface area (Å²) in [6.07, 6.45) is 0.240. The lowest BCUT2D eigenvalue weighted by molar-refractivity contribution is -0.118. The highest BCUT2D eigenvalue weighted by atomic mass is 16.5. The number of nitrogens with one attached hydrogen (secondary N) is 1. The molecule has 0 heterocycles. The lowest BCUT2D eigenvalue weighted by Gasteiger charge is -2.14. The minimum Gasteiger partial charge on any atom is -0.504 e. The van der Waals surface area contributed by atoms with E-state index in [0.29, 0.717) is 11.4 Å². The number of anilines is 1. The molecule has 0 aliphatic rings. The number of hydrogen-bond acceptors (Lipinski definition) is 4. The molecule has 2 aromatic carbocycles. The van der Waals surface area contributed by atoms with Gasteiger partial charge in [-0.2, -0.15) is 5.26 Å². The van der Waals surface area contributed by atoms with Gasteiger partial charge >= 0.3 is 0 Å². The topological polar surface area (TPSA) is 82.3 Å². The fraction of sp³-hybridized carbons (Fsp3) is 0.263. The molecule has 0 radical (unpaired) electrons. The summed E-state index contributed by atoms with van der Waals surface area (Å²) >= 11 is 0. The van der Waals surface area contributed by atoms with Crippen LogP contribution < -0.4 is 10.1 Å².